The first-order valence-electron chi connectivity index (χ1n) is 9.01. The molecule has 0 unspecified atom stereocenters. The van der Waals surface area contributed by atoms with E-state index in [0.29, 0.717) is 58.2 Å². The lowest BCUT2D eigenvalue weighted by Gasteiger charge is -2.29. The monoisotopic (exact) mass is 428 g/mol. The topological polar surface area (TPSA) is 136 Å². The van der Waals surface area contributed by atoms with E-state index in [1.807, 2.05) is 4.90 Å². The van der Waals surface area contributed by atoms with Crippen LogP contribution in [0.5, 0.6) is 0 Å². The molecular formula is C16H24N6O4S2. The molecule has 3 rings (SSSR count). The molecule has 1 aliphatic rings. The van der Waals surface area contributed by atoms with Crippen LogP contribution in [0.2, 0.25) is 0 Å². The Morgan fingerprint density at radius 2 is 1.75 bits per heavy atom. The Bertz CT molecular complexity index is 811. The molecule has 0 amide bonds. The lowest BCUT2D eigenvalue weighted by Crippen LogP contribution is -2.39. The van der Waals surface area contributed by atoms with Gasteiger partial charge >= 0.3 is 0 Å². The van der Waals surface area contributed by atoms with E-state index in [-0.39, 0.29) is 32.9 Å². The molecule has 1 saturated heterocycles. The predicted molar refractivity (Wildman–Crippen MR) is 109 cm³/mol. The maximum Gasteiger partial charge on any atom is 0.228 e. The summed E-state index contributed by atoms with van der Waals surface area (Å²) in [6, 6.07) is 0. The van der Waals surface area contributed by atoms with Gasteiger partial charge in [-0.05, 0) is 0 Å². The summed E-state index contributed by atoms with van der Waals surface area (Å²) in [5.41, 5.74) is 1.16. The minimum atomic E-state index is -0.824. The molecule has 1 fully saturated rings. The number of thioether (sulfide) groups is 1. The van der Waals surface area contributed by atoms with Crippen LogP contribution in [0.4, 0.5) is 11.8 Å². The average molecular weight is 429 g/mol. The molecule has 154 valence electrons. The smallest absolute Gasteiger partial charge is 0.228 e. The first-order chi connectivity index (χ1) is 13.7. The highest BCUT2D eigenvalue weighted by molar-refractivity contribution is 7.99. The summed E-state index contributed by atoms with van der Waals surface area (Å²) in [7, 11) is -0.824. The number of fused-ring (bicyclic) bond motifs is 1. The van der Waals surface area contributed by atoms with Gasteiger partial charge in [0.2, 0.25) is 5.95 Å². The molecule has 28 heavy (non-hydrogen) atoms. The molecule has 12 heteroatoms. The zero-order valence-corrected chi connectivity index (χ0v) is 17.0. The van der Waals surface area contributed by atoms with Gasteiger partial charge in [0.05, 0.1) is 19.8 Å². The quantitative estimate of drug-likeness (QED) is 0.330. The molecule has 2 aromatic heterocycles. The molecule has 1 aliphatic heterocycles. The minimum Gasteiger partial charge on any atom is -0.396 e. The third-order valence-corrected chi connectivity index (χ3v) is 6.48. The number of aliphatic hydroxyl groups excluding tert-OH is 3. The van der Waals surface area contributed by atoms with Crippen molar-refractivity contribution in [2.45, 2.75) is 5.03 Å². The Kier molecular flexibility index (Phi) is 7.73. The van der Waals surface area contributed by atoms with E-state index in [4.69, 9.17) is 5.11 Å². The number of anilines is 2. The van der Waals surface area contributed by atoms with Crippen LogP contribution in [0.15, 0.2) is 11.4 Å². The largest absolute Gasteiger partial charge is 0.396 e. The number of rotatable bonds is 9. The predicted octanol–water partition coefficient (Wildman–Crippen LogP) is -1.14. The highest BCUT2D eigenvalue weighted by Crippen LogP contribution is 2.30. The first-order valence-corrected chi connectivity index (χ1v) is 11.5. The zero-order chi connectivity index (χ0) is 19.9. The van der Waals surface area contributed by atoms with Crippen LogP contribution >= 0.6 is 11.8 Å². The van der Waals surface area contributed by atoms with Crippen molar-refractivity contribution in [3.05, 3.63) is 6.33 Å². The van der Waals surface area contributed by atoms with Crippen molar-refractivity contribution in [1.29, 1.82) is 0 Å². The maximum atomic E-state index is 11.8. The number of aliphatic hydroxyl groups is 3. The Balaban J connectivity index is 2.11. The summed E-state index contributed by atoms with van der Waals surface area (Å²) in [6.45, 7) is 1.57. The summed E-state index contributed by atoms with van der Waals surface area (Å²) in [5.74, 6) is 2.61. The van der Waals surface area contributed by atoms with Gasteiger partial charge in [0, 0.05) is 54.2 Å². The minimum absolute atomic E-state index is 0.0139. The normalized spacial score (nSPS) is 15.3. The second-order valence-electron chi connectivity index (χ2n) is 6.06. The molecule has 10 nitrogen and oxygen atoms in total. The van der Waals surface area contributed by atoms with Crippen LogP contribution in [0.1, 0.15) is 0 Å². The molecule has 2 aromatic rings. The van der Waals surface area contributed by atoms with Crippen molar-refractivity contribution in [3.63, 3.8) is 0 Å². The van der Waals surface area contributed by atoms with Crippen LogP contribution in [0.25, 0.3) is 11.0 Å². The fourth-order valence-corrected chi connectivity index (χ4v) is 4.65. The van der Waals surface area contributed by atoms with Crippen LogP contribution < -0.4 is 9.80 Å². The van der Waals surface area contributed by atoms with Gasteiger partial charge in [0.25, 0.3) is 0 Å². The molecular weight excluding hydrogens is 404 g/mol. The van der Waals surface area contributed by atoms with Gasteiger partial charge in [-0.1, -0.05) is 0 Å². The van der Waals surface area contributed by atoms with Crippen LogP contribution in [0.3, 0.4) is 0 Å². The van der Waals surface area contributed by atoms with Crippen LogP contribution in [-0.4, -0.2) is 103 Å². The van der Waals surface area contributed by atoms with Gasteiger partial charge in [-0.15, -0.1) is 11.8 Å². The summed E-state index contributed by atoms with van der Waals surface area (Å²) in [4.78, 5) is 21.7. The van der Waals surface area contributed by atoms with E-state index in [1.165, 1.54) is 18.1 Å². The lowest BCUT2D eigenvalue weighted by atomic mass is 10.3. The van der Waals surface area contributed by atoms with E-state index >= 15 is 0 Å². The SMILES string of the molecule is O=S1CCN(c2nc(N(CCO)CCO)nc3c(SCCO)ncnc23)CC1. The highest BCUT2D eigenvalue weighted by atomic mass is 32.2. The Labute approximate surface area is 169 Å². The number of hydrogen-bond donors (Lipinski definition) is 3. The van der Waals surface area contributed by atoms with Crippen molar-refractivity contribution in [2.75, 3.05) is 73.1 Å². The van der Waals surface area contributed by atoms with E-state index in [9.17, 15) is 14.4 Å². The molecule has 0 saturated carbocycles. The van der Waals surface area contributed by atoms with E-state index in [2.05, 4.69) is 19.9 Å². The van der Waals surface area contributed by atoms with Crippen molar-refractivity contribution in [1.82, 2.24) is 19.9 Å². The third-order valence-electron chi connectivity index (χ3n) is 4.25. The molecule has 0 spiro atoms. The second-order valence-corrected chi connectivity index (χ2v) is 8.84. The van der Waals surface area contributed by atoms with Gasteiger partial charge in [-0.3, -0.25) is 4.21 Å². The number of aromatic nitrogens is 4. The fourth-order valence-electron chi connectivity index (χ4n) is 2.91. The van der Waals surface area contributed by atoms with E-state index < -0.39 is 10.8 Å². The van der Waals surface area contributed by atoms with Gasteiger partial charge in [-0.2, -0.15) is 4.98 Å². The average Bonchev–Trinajstić information content (AvgIpc) is 2.72. The molecule has 3 heterocycles. The molecule has 0 aromatic carbocycles. The summed E-state index contributed by atoms with van der Waals surface area (Å²) >= 11 is 1.38. The standard InChI is InChI=1S/C16H24N6O4S2/c23-5-1-22(2-6-24)16-19-13-12(17-11-18-15(13)27-8-7-25)14(20-16)21-3-9-28(26)10-4-21/h11,23-25H,1-10H2. The molecule has 0 aliphatic carbocycles. The molecule has 0 atom stereocenters. The number of hydrogen-bond acceptors (Lipinski definition) is 11. The summed E-state index contributed by atoms with van der Waals surface area (Å²) in [6.07, 6.45) is 1.45. The third kappa shape index (κ3) is 4.87. The summed E-state index contributed by atoms with van der Waals surface area (Å²) < 4.78 is 11.8. The van der Waals surface area contributed by atoms with Gasteiger partial charge in [-0.25, -0.2) is 15.0 Å². The Morgan fingerprint density at radius 1 is 1.04 bits per heavy atom. The van der Waals surface area contributed by atoms with E-state index in [0.717, 1.165) is 0 Å². The van der Waals surface area contributed by atoms with Crippen LogP contribution in [-0.2, 0) is 10.8 Å². The Morgan fingerprint density at radius 3 is 2.39 bits per heavy atom. The van der Waals surface area contributed by atoms with E-state index in [1.54, 1.807) is 4.90 Å². The molecule has 0 radical (unpaired) electrons. The van der Waals surface area contributed by atoms with Gasteiger partial charge in [0.15, 0.2) is 5.82 Å². The zero-order valence-electron chi connectivity index (χ0n) is 15.4. The molecule has 0 bridgehead atoms. The fraction of sp³-hybridized carbons (Fsp3) is 0.625. The van der Waals surface area contributed by atoms with Crippen molar-refractivity contribution in [2.24, 2.45) is 0 Å². The van der Waals surface area contributed by atoms with Gasteiger partial charge in [0.1, 0.15) is 22.4 Å². The number of nitrogens with zero attached hydrogens (tertiary/aromatic N) is 6. The summed E-state index contributed by atoms with van der Waals surface area (Å²) in [5, 5.41) is 28.6. The second kappa shape index (κ2) is 10.3. The Hall–Kier alpha value is -1.60. The maximum absolute atomic E-state index is 11.8. The first kappa shape index (κ1) is 21.1. The van der Waals surface area contributed by atoms with Crippen molar-refractivity contribution < 1.29 is 19.5 Å². The van der Waals surface area contributed by atoms with Crippen LogP contribution in [0, 0.1) is 0 Å². The van der Waals surface area contributed by atoms with Gasteiger partial charge < -0.3 is 25.1 Å². The van der Waals surface area contributed by atoms with Crippen molar-refractivity contribution >= 4 is 45.4 Å². The lowest BCUT2D eigenvalue weighted by molar-refractivity contribution is 0.280. The highest BCUT2D eigenvalue weighted by Gasteiger charge is 2.23. The molecule has 3 N–H and O–H groups in total. The van der Waals surface area contributed by atoms with Crippen molar-refractivity contribution in [3.8, 4) is 0 Å².